The maximum Gasteiger partial charge on any atom is 0.512 e. The van der Waals surface area contributed by atoms with Crippen LogP contribution in [0.1, 0.15) is 11.7 Å². The van der Waals surface area contributed by atoms with Gasteiger partial charge >= 0.3 is 6.16 Å². The van der Waals surface area contributed by atoms with Gasteiger partial charge in [-0.25, -0.2) is 4.79 Å². The Labute approximate surface area is 138 Å². The Morgan fingerprint density at radius 2 is 2.35 bits per heavy atom. The van der Waals surface area contributed by atoms with Crippen LogP contribution >= 0.6 is 23.3 Å². The molecule has 1 aromatic heterocycles. The Hall–Kier alpha value is -2.11. The van der Waals surface area contributed by atoms with Crippen molar-refractivity contribution in [1.29, 1.82) is 0 Å². The van der Waals surface area contributed by atoms with Crippen LogP contribution in [0.2, 0.25) is 0 Å². The SMILES string of the molecule is NC(C(=O)N[C@@H]1C(=O)N2C(OC(=O)O)=CCS[C@@H]12)c1ccsn1. The number of nitrogens with one attached hydrogen (secondary N) is 1. The van der Waals surface area contributed by atoms with Crippen molar-refractivity contribution in [2.45, 2.75) is 17.5 Å². The van der Waals surface area contributed by atoms with Crippen molar-refractivity contribution in [1.82, 2.24) is 14.6 Å². The molecule has 23 heavy (non-hydrogen) atoms. The summed E-state index contributed by atoms with van der Waals surface area (Å²) in [6.45, 7) is 0. The monoisotopic (exact) mass is 356 g/mol. The van der Waals surface area contributed by atoms with Crippen molar-refractivity contribution in [3.8, 4) is 0 Å². The van der Waals surface area contributed by atoms with Crippen LogP contribution in [0.3, 0.4) is 0 Å². The van der Waals surface area contributed by atoms with Gasteiger partial charge < -0.3 is 20.9 Å². The third-order valence-electron chi connectivity index (χ3n) is 3.35. The number of thioether (sulfide) groups is 1. The second kappa shape index (κ2) is 6.18. The Kier molecular flexibility index (Phi) is 4.24. The first-order chi connectivity index (χ1) is 11.0. The van der Waals surface area contributed by atoms with Crippen LogP contribution in [-0.2, 0) is 14.3 Å². The summed E-state index contributed by atoms with van der Waals surface area (Å²) in [5.41, 5.74) is 6.24. The first-order valence-electron chi connectivity index (χ1n) is 6.51. The average Bonchev–Trinajstić information content (AvgIpc) is 3.04. The summed E-state index contributed by atoms with van der Waals surface area (Å²) < 4.78 is 8.57. The molecule has 9 nitrogen and oxygen atoms in total. The quantitative estimate of drug-likeness (QED) is 0.510. The van der Waals surface area contributed by atoms with Crippen LogP contribution in [0.4, 0.5) is 4.79 Å². The van der Waals surface area contributed by atoms with Gasteiger partial charge in [0.2, 0.25) is 11.8 Å². The lowest BCUT2D eigenvalue weighted by molar-refractivity contribution is -0.149. The molecule has 1 aromatic rings. The highest BCUT2D eigenvalue weighted by atomic mass is 32.2. The first kappa shape index (κ1) is 15.8. The van der Waals surface area contributed by atoms with Crippen molar-refractivity contribution in [3.63, 3.8) is 0 Å². The summed E-state index contributed by atoms with van der Waals surface area (Å²) in [7, 11) is 0. The molecule has 1 saturated heterocycles. The number of hydrogen-bond acceptors (Lipinski definition) is 8. The van der Waals surface area contributed by atoms with E-state index in [0.717, 1.165) is 0 Å². The summed E-state index contributed by atoms with van der Waals surface area (Å²) in [5.74, 6) is -0.500. The molecule has 2 aliphatic heterocycles. The highest BCUT2D eigenvalue weighted by Crippen LogP contribution is 2.37. The minimum absolute atomic E-state index is 0.0273. The van der Waals surface area contributed by atoms with Gasteiger partial charge in [-0.15, -0.1) is 11.8 Å². The van der Waals surface area contributed by atoms with E-state index >= 15 is 0 Å². The highest BCUT2D eigenvalue weighted by Gasteiger charge is 2.52. The predicted octanol–water partition coefficient (Wildman–Crippen LogP) is 0.0788. The summed E-state index contributed by atoms with van der Waals surface area (Å²) in [4.78, 5) is 36.1. The molecule has 0 radical (unpaired) electrons. The van der Waals surface area contributed by atoms with Crippen molar-refractivity contribution in [2.75, 3.05) is 5.75 Å². The fraction of sp³-hybridized carbons (Fsp3) is 0.333. The second-order valence-electron chi connectivity index (χ2n) is 4.73. The number of hydrogen-bond donors (Lipinski definition) is 3. The molecule has 1 fully saturated rings. The number of amides is 2. The maximum absolute atomic E-state index is 12.2. The van der Waals surface area contributed by atoms with Crippen LogP contribution in [0.5, 0.6) is 0 Å². The second-order valence-corrected chi connectivity index (χ2v) is 6.55. The third-order valence-corrected chi connectivity index (χ3v) is 5.11. The lowest BCUT2D eigenvalue weighted by Crippen LogP contribution is -2.70. The van der Waals surface area contributed by atoms with E-state index in [9.17, 15) is 14.4 Å². The molecule has 0 bridgehead atoms. The standard InChI is InChI=1S/C12H12N4O5S2/c13-7(5-1-4-23-15-5)9(17)14-8-10(18)16-6(21-12(19)20)2-3-22-11(8)16/h1-2,4,7-8,11H,3,13H2,(H,14,17)(H,19,20)/t7?,8-,11+/m1/s1. The number of carbonyl (C=O) groups is 3. The molecule has 2 amide bonds. The number of nitrogens with two attached hydrogens (primary N) is 1. The van der Waals surface area contributed by atoms with Crippen molar-refractivity contribution < 1.29 is 24.2 Å². The highest BCUT2D eigenvalue weighted by molar-refractivity contribution is 8.00. The fourth-order valence-corrected chi connectivity index (χ4v) is 3.99. The van der Waals surface area contributed by atoms with Gasteiger partial charge in [0.25, 0.3) is 5.91 Å². The van der Waals surface area contributed by atoms with E-state index in [-0.39, 0.29) is 5.88 Å². The van der Waals surface area contributed by atoms with Gasteiger partial charge in [-0.2, -0.15) is 4.37 Å². The number of carbonyl (C=O) groups excluding carboxylic acids is 2. The van der Waals surface area contributed by atoms with E-state index in [2.05, 4.69) is 14.4 Å². The summed E-state index contributed by atoms with van der Waals surface area (Å²) >= 11 is 2.57. The molecule has 0 aromatic carbocycles. The van der Waals surface area contributed by atoms with Gasteiger partial charge in [0.1, 0.15) is 17.5 Å². The summed E-state index contributed by atoms with van der Waals surface area (Å²) in [6.07, 6.45) is 0.0134. The fourth-order valence-electron chi connectivity index (χ4n) is 2.26. The Morgan fingerprint density at radius 1 is 1.57 bits per heavy atom. The molecule has 3 rings (SSSR count). The van der Waals surface area contributed by atoms with Gasteiger partial charge in [0, 0.05) is 11.1 Å². The molecule has 0 aliphatic carbocycles. The largest absolute Gasteiger partial charge is 0.512 e. The number of carboxylic acid groups (broad SMARTS) is 1. The number of nitrogens with zero attached hydrogens (tertiary/aromatic N) is 2. The van der Waals surface area contributed by atoms with Crippen molar-refractivity contribution in [3.05, 3.63) is 29.1 Å². The molecule has 3 heterocycles. The molecule has 1 unspecified atom stereocenters. The van der Waals surface area contributed by atoms with Gasteiger partial charge in [-0.05, 0) is 23.7 Å². The van der Waals surface area contributed by atoms with Crippen LogP contribution < -0.4 is 11.1 Å². The predicted molar refractivity (Wildman–Crippen MR) is 81.3 cm³/mol. The zero-order chi connectivity index (χ0) is 16.6. The molecular formula is C12H12N4O5S2. The van der Waals surface area contributed by atoms with E-state index in [1.54, 1.807) is 11.4 Å². The van der Waals surface area contributed by atoms with Crippen LogP contribution in [0, 0.1) is 0 Å². The Morgan fingerprint density at radius 3 is 3.00 bits per heavy atom. The number of aromatic nitrogens is 1. The number of β-lactam (4-membered cyclic amide) rings is 1. The van der Waals surface area contributed by atoms with E-state index in [1.807, 2.05) is 0 Å². The molecule has 4 N–H and O–H groups in total. The minimum atomic E-state index is -1.49. The minimum Gasteiger partial charge on any atom is -0.449 e. The molecule has 3 atom stereocenters. The molecule has 122 valence electrons. The summed E-state index contributed by atoms with van der Waals surface area (Å²) in [5, 5.41) is 12.6. The van der Waals surface area contributed by atoms with Gasteiger partial charge in [0.15, 0.2) is 0 Å². The molecule has 2 aliphatic rings. The topological polar surface area (TPSA) is 135 Å². The third kappa shape index (κ3) is 2.90. The maximum atomic E-state index is 12.2. The molecule has 0 spiro atoms. The number of ether oxygens (including phenoxy) is 1. The van der Waals surface area contributed by atoms with Gasteiger partial charge in [-0.3, -0.25) is 14.5 Å². The lowest BCUT2D eigenvalue weighted by Gasteiger charge is -2.48. The average molecular weight is 356 g/mol. The first-order valence-corrected chi connectivity index (χ1v) is 8.39. The van der Waals surface area contributed by atoms with Crippen molar-refractivity contribution in [2.24, 2.45) is 5.73 Å². The molecular weight excluding hydrogens is 344 g/mol. The van der Waals surface area contributed by atoms with Crippen LogP contribution in [-0.4, -0.2) is 49.5 Å². The zero-order valence-corrected chi connectivity index (χ0v) is 13.2. The van der Waals surface area contributed by atoms with E-state index < -0.39 is 35.4 Å². The molecule has 11 heteroatoms. The molecule has 0 saturated carbocycles. The normalized spacial score (nSPS) is 24.1. The lowest BCUT2D eigenvalue weighted by atomic mass is 10.1. The van der Waals surface area contributed by atoms with E-state index in [4.69, 9.17) is 10.8 Å². The van der Waals surface area contributed by atoms with E-state index in [0.29, 0.717) is 11.4 Å². The summed E-state index contributed by atoms with van der Waals surface area (Å²) in [6, 6.07) is -0.0824. The van der Waals surface area contributed by atoms with E-state index in [1.165, 1.54) is 34.3 Å². The van der Waals surface area contributed by atoms with Gasteiger partial charge in [-0.1, -0.05) is 0 Å². The number of fused-ring (bicyclic) bond motifs is 1. The smallest absolute Gasteiger partial charge is 0.449 e. The zero-order valence-electron chi connectivity index (χ0n) is 11.5. The van der Waals surface area contributed by atoms with Crippen molar-refractivity contribution >= 4 is 41.3 Å². The van der Waals surface area contributed by atoms with Crippen LogP contribution in [0.25, 0.3) is 0 Å². The van der Waals surface area contributed by atoms with Crippen LogP contribution in [0.15, 0.2) is 23.4 Å². The Balaban J connectivity index is 1.65. The number of rotatable bonds is 4. The van der Waals surface area contributed by atoms with Gasteiger partial charge in [0.05, 0.1) is 5.69 Å². The Bertz CT molecular complexity index is 677.